The molecule has 0 aliphatic heterocycles. The molecule has 0 aliphatic rings. The highest BCUT2D eigenvalue weighted by Gasteiger charge is 2.25. The Balaban J connectivity index is 2.53. The summed E-state index contributed by atoms with van der Waals surface area (Å²) >= 11 is 0. The van der Waals surface area contributed by atoms with Gasteiger partial charge in [-0.2, -0.15) is 5.26 Å². The number of anilines is 3. The molecule has 0 unspecified atom stereocenters. The van der Waals surface area contributed by atoms with E-state index in [9.17, 15) is 22.0 Å². The third-order valence-electron chi connectivity index (χ3n) is 2.65. The maximum Gasteiger partial charge on any atom is 0.200 e. The van der Waals surface area contributed by atoms with E-state index < -0.39 is 34.8 Å². The lowest BCUT2D eigenvalue weighted by atomic mass is 10.1. The van der Waals surface area contributed by atoms with Crippen LogP contribution in [-0.4, -0.2) is 0 Å². The molecule has 108 valence electrons. The summed E-state index contributed by atoms with van der Waals surface area (Å²) in [6.45, 7) is 0. The normalized spacial score (nSPS) is 10.3. The number of rotatable bonds is 2. The van der Waals surface area contributed by atoms with Gasteiger partial charge in [0, 0.05) is 11.4 Å². The van der Waals surface area contributed by atoms with Crippen molar-refractivity contribution in [3.05, 3.63) is 52.8 Å². The fraction of sp³-hybridized carbons (Fsp3) is 0. The van der Waals surface area contributed by atoms with Gasteiger partial charge in [0.15, 0.2) is 23.3 Å². The van der Waals surface area contributed by atoms with Crippen molar-refractivity contribution in [2.24, 2.45) is 0 Å². The zero-order chi connectivity index (χ0) is 15.7. The Hall–Kier alpha value is -2.82. The Morgan fingerprint density at radius 1 is 0.905 bits per heavy atom. The van der Waals surface area contributed by atoms with Crippen LogP contribution in [0, 0.1) is 40.4 Å². The van der Waals surface area contributed by atoms with Gasteiger partial charge >= 0.3 is 0 Å². The smallest absolute Gasteiger partial charge is 0.200 e. The van der Waals surface area contributed by atoms with Crippen LogP contribution in [0.4, 0.5) is 39.0 Å². The molecule has 0 aromatic heterocycles. The van der Waals surface area contributed by atoms with E-state index >= 15 is 0 Å². The summed E-state index contributed by atoms with van der Waals surface area (Å²) in [5.41, 5.74) is 4.29. The van der Waals surface area contributed by atoms with E-state index in [1.54, 1.807) is 6.07 Å². The predicted octanol–water partition coefficient (Wildman–Crippen LogP) is 3.58. The lowest BCUT2D eigenvalue weighted by Gasteiger charge is -2.11. The summed E-state index contributed by atoms with van der Waals surface area (Å²) in [5.74, 6) is -10.4. The minimum absolute atomic E-state index is 0.0103. The van der Waals surface area contributed by atoms with Gasteiger partial charge in [-0.05, 0) is 18.2 Å². The quantitative estimate of drug-likeness (QED) is 0.385. The van der Waals surface area contributed by atoms with Gasteiger partial charge in [0.1, 0.15) is 11.8 Å². The summed E-state index contributed by atoms with van der Waals surface area (Å²) < 4.78 is 65.9. The molecule has 3 nitrogen and oxygen atoms in total. The molecule has 0 saturated carbocycles. The minimum atomic E-state index is -2.24. The van der Waals surface area contributed by atoms with Crippen LogP contribution >= 0.6 is 0 Å². The third-order valence-corrected chi connectivity index (χ3v) is 2.65. The topological polar surface area (TPSA) is 61.8 Å². The number of halogens is 5. The molecule has 0 radical (unpaired) electrons. The first-order valence-electron chi connectivity index (χ1n) is 5.45. The van der Waals surface area contributed by atoms with Crippen molar-refractivity contribution in [2.45, 2.75) is 0 Å². The second-order valence-corrected chi connectivity index (χ2v) is 3.98. The molecule has 0 fully saturated rings. The number of nitriles is 1. The Bertz CT molecular complexity index is 738. The highest BCUT2D eigenvalue weighted by molar-refractivity contribution is 5.67. The fourth-order valence-corrected chi connectivity index (χ4v) is 1.59. The van der Waals surface area contributed by atoms with Crippen molar-refractivity contribution >= 4 is 17.1 Å². The molecule has 0 heterocycles. The van der Waals surface area contributed by atoms with Gasteiger partial charge in [0.05, 0.1) is 5.56 Å². The zero-order valence-corrected chi connectivity index (χ0v) is 10.1. The first kappa shape index (κ1) is 14.6. The van der Waals surface area contributed by atoms with E-state index in [-0.39, 0.29) is 16.9 Å². The molecular formula is C13H6F5N3. The van der Waals surface area contributed by atoms with Crippen molar-refractivity contribution in [1.82, 2.24) is 0 Å². The average Bonchev–Trinajstić information content (AvgIpc) is 2.49. The molecule has 0 aliphatic carbocycles. The molecule has 2 aromatic rings. The van der Waals surface area contributed by atoms with Gasteiger partial charge in [0.2, 0.25) is 5.82 Å². The van der Waals surface area contributed by atoms with Gasteiger partial charge in [-0.1, -0.05) is 0 Å². The monoisotopic (exact) mass is 299 g/mol. The summed E-state index contributed by atoms with van der Waals surface area (Å²) in [5, 5.41) is 10.8. The van der Waals surface area contributed by atoms with Gasteiger partial charge in [-0.15, -0.1) is 0 Å². The third kappa shape index (κ3) is 2.45. The second-order valence-electron chi connectivity index (χ2n) is 3.98. The summed E-state index contributed by atoms with van der Waals surface area (Å²) in [7, 11) is 0. The molecule has 8 heteroatoms. The van der Waals surface area contributed by atoms with E-state index in [4.69, 9.17) is 11.0 Å². The Morgan fingerprint density at radius 3 is 1.95 bits per heavy atom. The number of nitrogens with two attached hydrogens (primary N) is 1. The zero-order valence-electron chi connectivity index (χ0n) is 10.1. The lowest BCUT2D eigenvalue weighted by Crippen LogP contribution is -2.07. The SMILES string of the molecule is N#Cc1cc(Nc2c(F)c(F)c(F)c(F)c2F)ccc1N. The predicted molar refractivity (Wildman–Crippen MR) is 65.1 cm³/mol. The number of hydrogen-bond donors (Lipinski definition) is 2. The van der Waals surface area contributed by atoms with E-state index in [1.807, 2.05) is 5.32 Å². The number of nitrogen functional groups attached to an aromatic ring is 1. The number of nitrogens with zero attached hydrogens (tertiary/aromatic N) is 1. The largest absolute Gasteiger partial charge is 0.398 e. The Kier molecular flexibility index (Phi) is 3.67. The maximum atomic E-state index is 13.5. The van der Waals surface area contributed by atoms with Gasteiger partial charge in [0.25, 0.3) is 0 Å². The molecular weight excluding hydrogens is 293 g/mol. The van der Waals surface area contributed by atoms with Gasteiger partial charge < -0.3 is 11.1 Å². The molecule has 21 heavy (non-hydrogen) atoms. The maximum absolute atomic E-state index is 13.5. The van der Waals surface area contributed by atoms with Crippen LogP contribution in [0.15, 0.2) is 18.2 Å². The first-order chi connectivity index (χ1) is 9.86. The van der Waals surface area contributed by atoms with Crippen molar-refractivity contribution < 1.29 is 22.0 Å². The molecule has 0 spiro atoms. The van der Waals surface area contributed by atoms with Crippen molar-refractivity contribution in [3.63, 3.8) is 0 Å². The standard InChI is InChI=1S/C13H6F5N3/c14-8-9(15)11(17)13(12(18)10(8)16)21-6-1-2-7(20)5(3-6)4-19/h1-3,21H,20H2. The van der Waals surface area contributed by atoms with E-state index in [1.165, 1.54) is 12.1 Å². The molecule has 2 rings (SSSR count). The number of benzene rings is 2. The van der Waals surface area contributed by atoms with E-state index in [0.717, 1.165) is 6.07 Å². The van der Waals surface area contributed by atoms with Crippen LogP contribution < -0.4 is 11.1 Å². The molecule has 0 amide bonds. The van der Waals surface area contributed by atoms with E-state index in [2.05, 4.69) is 0 Å². The van der Waals surface area contributed by atoms with Crippen LogP contribution in [0.25, 0.3) is 0 Å². The van der Waals surface area contributed by atoms with Crippen LogP contribution in [-0.2, 0) is 0 Å². The van der Waals surface area contributed by atoms with Gasteiger partial charge in [-0.3, -0.25) is 0 Å². The van der Waals surface area contributed by atoms with Crippen molar-refractivity contribution in [2.75, 3.05) is 11.1 Å². The fourth-order valence-electron chi connectivity index (χ4n) is 1.59. The van der Waals surface area contributed by atoms with Crippen LogP contribution in [0.3, 0.4) is 0 Å². The first-order valence-corrected chi connectivity index (χ1v) is 5.45. The summed E-state index contributed by atoms with van der Waals surface area (Å²) in [6, 6.07) is 5.33. The molecule has 3 N–H and O–H groups in total. The highest BCUT2D eigenvalue weighted by Crippen LogP contribution is 2.30. The van der Waals surface area contributed by atoms with Crippen molar-refractivity contribution in [1.29, 1.82) is 5.26 Å². The van der Waals surface area contributed by atoms with Gasteiger partial charge in [-0.25, -0.2) is 22.0 Å². The van der Waals surface area contributed by atoms with Crippen LogP contribution in [0.5, 0.6) is 0 Å². The molecule has 0 bridgehead atoms. The second kappa shape index (κ2) is 5.28. The lowest BCUT2D eigenvalue weighted by molar-refractivity contribution is 0.382. The Morgan fingerprint density at radius 2 is 1.43 bits per heavy atom. The molecule has 0 atom stereocenters. The highest BCUT2D eigenvalue weighted by atomic mass is 19.2. The Labute approximate surface area is 115 Å². The average molecular weight is 299 g/mol. The van der Waals surface area contributed by atoms with Crippen LogP contribution in [0.2, 0.25) is 0 Å². The summed E-state index contributed by atoms with van der Waals surface area (Å²) in [4.78, 5) is 0. The molecule has 2 aromatic carbocycles. The number of hydrogen-bond acceptors (Lipinski definition) is 3. The minimum Gasteiger partial charge on any atom is -0.398 e. The van der Waals surface area contributed by atoms with Crippen molar-refractivity contribution in [3.8, 4) is 6.07 Å². The summed E-state index contributed by atoms with van der Waals surface area (Å²) in [6.07, 6.45) is 0. The molecule has 0 saturated heterocycles. The number of nitrogens with one attached hydrogen (secondary N) is 1. The van der Waals surface area contributed by atoms with Crippen LogP contribution in [0.1, 0.15) is 5.56 Å². The van der Waals surface area contributed by atoms with E-state index in [0.29, 0.717) is 0 Å².